The van der Waals surface area contributed by atoms with Gasteiger partial charge < -0.3 is 10.1 Å². The predicted octanol–water partition coefficient (Wildman–Crippen LogP) is 2.26. The number of nitriles is 1. The Hall–Kier alpha value is -1.62. The van der Waals surface area contributed by atoms with Crippen LogP contribution in [0.15, 0.2) is 24.3 Å². The van der Waals surface area contributed by atoms with Gasteiger partial charge in [0.15, 0.2) is 6.61 Å². The van der Waals surface area contributed by atoms with Crippen LogP contribution in [0.2, 0.25) is 0 Å². The highest BCUT2D eigenvalue weighted by Crippen LogP contribution is 2.39. The fourth-order valence-electron chi connectivity index (χ4n) is 2.04. The molecule has 0 unspecified atom stereocenters. The zero-order chi connectivity index (χ0) is 15.5. The number of carbonyl (C=O) groups excluding carboxylic acids is 2. The second kappa shape index (κ2) is 6.43. The quantitative estimate of drug-likeness (QED) is 0.610. The van der Waals surface area contributed by atoms with Crippen LogP contribution in [0.4, 0.5) is 0 Å². The molecule has 110 valence electrons. The van der Waals surface area contributed by atoms with Crippen molar-refractivity contribution in [3.05, 3.63) is 33.4 Å². The Balaban J connectivity index is 1.88. The van der Waals surface area contributed by atoms with Crippen molar-refractivity contribution >= 4 is 34.5 Å². The molecule has 0 aromatic heterocycles. The molecule has 1 aliphatic rings. The fourth-order valence-corrected chi connectivity index (χ4v) is 2.65. The summed E-state index contributed by atoms with van der Waals surface area (Å²) in [7, 11) is 0. The average molecular weight is 398 g/mol. The van der Waals surface area contributed by atoms with Gasteiger partial charge in [-0.2, -0.15) is 5.26 Å². The van der Waals surface area contributed by atoms with Crippen molar-refractivity contribution in [2.75, 3.05) is 6.61 Å². The Morgan fingerprint density at radius 3 is 2.71 bits per heavy atom. The van der Waals surface area contributed by atoms with Crippen molar-refractivity contribution in [1.29, 1.82) is 5.26 Å². The van der Waals surface area contributed by atoms with Gasteiger partial charge in [0.2, 0.25) is 0 Å². The minimum atomic E-state index is -0.870. The molecular formula is C15H15IN2O3. The molecule has 0 aliphatic heterocycles. The second-order valence-electron chi connectivity index (χ2n) is 5.19. The van der Waals surface area contributed by atoms with Crippen LogP contribution in [0.1, 0.15) is 30.1 Å². The zero-order valence-electron chi connectivity index (χ0n) is 11.6. The molecule has 1 saturated carbocycles. The molecule has 0 heterocycles. The van der Waals surface area contributed by atoms with Gasteiger partial charge in [0.1, 0.15) is 5.54 Å². The van der Waals surface area contributed by atoms with Gasteiger partial charge in [-0.25, -0.2) is 4.79 Å². The van der Waals surface area contributed by atoms with Gasteiger partial charge in [0.25, 0.3) is 5.91 Å². The van der Waals surface area contributed by atoms with E-state index in [4.69, 9.17) is 10.00 Å². The number of nitrogens with zero attached hydrogens (tertiary/aromatic N) is 1. The zero-order valence-corrected chi connectivity index (χ0v) is 13.7. The van der Waals surface area contributed by atoms with Crippen LogP contribution < -0.4 is 5.32 Å². The second-order valence-corrected chi connectivity index (χ2v) is 6.35. The number of hydrogen-bond acceptors (Lipinski definition) is 4. The first-order valence-corrected chi connectivity index (χ1v) is 7.68. The molecule has 1 aromatic carbocycles. The minimum Gasteiger partial charge on any atom is -0.452 e. The summed E-state index contributed by atoms with van der Waals surface area (Å²) in [6.07, 6.45) is 1.87. The van der Waals surface area contributed by atoms with E-state index < -0.39 is 17.4 Å². The standard InChI is InChI=1S/C15H15IN2O3/c1-15(9-17,10-6-7-10)18-13(19)8-21-14(20)11-4-2-3-5-12(11)16/h2-5,10H,6-8H2,1H3,(H,18,19)/t15-/m0/s1. The van der Waals surface area contributed by atoms with Gasteiger partial charge in [-0.05, 0) is 60.4 Å². The summed E-state index contributed by atoms with van der Waals surface area (Å²) in [4.78, 5) is 23.7. The average Bonchev–Trinajstić information content (AvgIpc) is 3.30. The molecule has 0 saturated heterocycles. The SMILES string of the molecule is C[C@@](C#N)(NC(=O)COC(=O)c1ccccc1I)C1CC1. The van der Waals surface area contributed by atoms with Crippen molar-refractivity contribution < 1.29 is 14.3 Å². The molecule has 0 bridgehead atoms. The summed E-state index contributed by atoms with van der Waals surface area (Å²) in [5.41, 5.74) is -0.443. The van der Waals surface area contributed by atoms with E-state index in [0.717, 1.165) is 16.4 Å². The molecule has 21 heavy (non-hydrogen) atoms. The molecule has 2 rings (SSSR count). The summed E-state index contributed by atoms with van der Waals surface area (Å²) >= 11 is 2.03. The molecule has 0 spiro atoms. The number of rotatable bonds is 5. The van der Waals surface area contributed by atoms with Gasteiger partial charge >= 0.3 is 5.97 Å². The largest absolute Gasteiger partial charge is 0.452 e. The molecule has 1 amide bonds. The van der Waals surface area contributed by atoms with Crippen molar-refractivity contribution in [1.82, 2.24) is 5.32 Å². The summed E-state index contributed by atoms with van der Waals surface area (Å²) < 4.78 is 5.76. The third-order valence-electron chi connectivity index (χ3n) is 3.45. The molecule has 1 fully saturated rings. The first-order valence-electron chi connectivity index (χ1n) is 6.60. The maximum absolute atomic E-state index is 11.9. The Kier molecular flexibility index (Phi) is 4.83. The lowest BCUT2D eigenvalue weighted by Gasteiger charge is -2.22. The highest BCUT2D eigenvalue weighted by Gasteiger charge is 2.43. The fraction of sp³-hybridized carbons (Fsp3) is 0.400. The Bertz CT molecular complexity index is 607. The van der Waals surface area contributed by atoms with E-state index in [-0.39, 0.29) is 12.5 Å². The van der Waals surface area contributed by atoms with Crippen molar-refractivity contribution in [2.24, 2.45) is 5.92 Å². The lowest BCUT2D eigenvalue weighted by molar-refractivity contribution is -0.125. The molecule has 1 aliphatic carbocycles. The van der Waals surface area contributed by atoms with Gasteiger partial charge in [-0.3, -0.25) is 4.79 Å². The van der Waals surface area contributed by atoms with Gasteiger partial charge in [0, 0.05) is 3.57 Å². The number of esters is 1. The maximum atomic E-state index is 11.9. The van der Waals surface area contributed by atoms with Crippen molar-refractivity contribution in [2.45, 2.75) is 25.3 Å². The predicted molar refractivity (Wildman–Crippen MR) is 84.3 cm³/mol. The maximum Gasteiger partial charge on any atom is 0.339 e. The molecule has 1 aromatic rings. The van der Waals surface area contributed by atoms with E-state index in [1.807, 2.05) is 28.7 Å². The Morgan fingerprint density at radius 1 is 1.48 bits per heavy atom. The summed E-state index contributed by atoms with van der Waals surface area (Å²) in [6, 6.07) is 9.11. The summed E-state index contributed by atoms with van der Waals surface area (Å²) in [6.45, 7) is 1.32. The van der Waals surface area contributed by atoms with Crippen LogP contribution in [0, 0.1) is 20.8 Å². The molecule has 1 N–H and O–H groups in total. The van der Waals surface area contributed by atoms with Crippen molar-refractivity contribution in [3.63, 3.8) is 0 Å². The first-order chi connectivity index (χ1) is 9.96. The van der Waals surface area contributed by atoms with E-state index >= 15 is 0 Å². The number of benzene rings is 1. The first kappa shape index (κ1) is 15.8. The van der Waals surface area contributed by atoms with E-state index in [2.05, 4.69) is 11.4 Å². The van der Waals surface area contributed by atoms with Crippen LogP contribution in [0.25, 0.3) is 0 Å². The lowest BCUT2D eigenvalue weighted by atomic mass is 9.98. The third kappa shape index (κ3) is 3.94. The Morgan fingerprint density at radius 2 is 2.14 bits per heavy atom. The molecule has 6 heteroatoms. The highest BCUT2D eigenvalue weighted by atomic mass is 127. The molecule has 5 nitrogen and oxygen atoms in total. The topological polar surface area (TPSA) is 79.2 Å². The van der Waals surface area contributed by atoms with Crippen LogP contribution in [0.3, 0.4) is 0 Å². The smallest absolute Gasteiger partial charge is 0.339 e. The van der Waals surface area contributed by atoms with Crippen LogP contribution >= 0.6 is 22.6 Å². The number of ether oxygens (including phenoxy) is 1. The van der Waals surface area contributed by atoms with E-state index in [1.54, 1.807) is 25.1 Å². The van der Waals surface area contributed by atoms with Crippen LogP contribution in [-0.2, 0) is 9.53 Å². The minimum absolute atomic E-state index is 0.192. The van der Waals surface area contributed by atoms with Gasteiger partial charge in [-0.15, -0.1) is 0 Å². The van der Waals surface area contributed by atoms with Crippen LogP contribution in [0.5, 0.6) is 0 Å². The van der Waals surface area contributed by atoms with E-state index in [9.17, 15) is 9.59 Å². The van der Waals surface area contributed by atoms with Gasteiger partial charge in [-0.1, -0.05) is 12.1 Å². The summed E-state index contributed by atoms with van der Waals surface area (Å²) in [5.74, 6) is -0.803. The molecular weight excluding hydrogens is 383 g/mol. The summed E-state index contributed by atoms with van der Waals surface area (Å²) in [5, 5.41) is 11.8. The third-order valence-corrected chi connectivity index (χ3v) is 4.39. The lowest BCUT2D eigenvalue weighted by Crippen LogP contribution is -2.48. The number of nitrogens with one attached hydrogen (secondary N) is 1. The van der Waals surface area contributed by atoms with E-state index in [0.29, 0.717) is 5.56 Å². The van der Waals surface area contributed by atoms with Crippen molar-refractivity contribution in [3.8, 4) is 6.07 Å². The number of amides is 1. The monoisotopic (exact) mass is 398 g/mol. The molecule has 1 atom stereocenters. The normalized spacial score (nSPS) is 16.4. The number of carbonyl (C=O) groups is 2. The highest BCUT2D eigenvalue weighted by molar-refractivity contribution is 14.1. The number of hydrogen-bond donors (Lipinski definition) is 1. The van der Waals surface area contributed by atoms with E-state index in [1.165, 1.54) is 0 Å². The van der Waals surface area contributed by atoms with Crippen LogP contribution in [-0.4, -0.2) is 24.0 Å². The molecule has 0 radical (unpaired) electrons. The Labute approximate surface area is 136 Å². The number of halogens is 1. The van der Waals surface area contributed by atoms with Gasteiger partial charge in [0.05, 0.1) is 11.6 Å².